The van der Waals surface area contributed by atoms with Gasteiger partial charge in [-0.2, -0.15) is 9.97 Å². The first-order valence-corrected chi connectivity index (χ1v) is 5.66. The SMILES string of the molecule is COc1cc(OC)nc(NC(=O)c2ccc(F)cc2)n1. The zero-order valence-corrected chi connectivity index (χ0v) is 10.9. The molecule has 1 aromatic heterocycles. The van der Waals surface area contributed by atoms with Crippen molar-refractivity contribution in [1.29, 1.82) is 0 Å². The smallest absolute Gasteiger partial charge is 0.258 e. The first-order chi connectivity index (χ1) is 9.62. The third kappa shape index (κ3) is 3.19. The number of nitrogens with zero attached hydrogens (tertiary/aromatic N) is 2. The van der Waals surface area contributed by atoms with Gasteiger partial charge in [-0.1, -0.05) is 0 Å². The molecule has 20 heavy (non-hydrogen) atoms. The number of rotatable bonds is 4. The van der Waals surface area contributed by atoms with E-state index in [0.717, 1.165) is 0 Å². The molecular formula is C13H12FN3O3. The van der Waals surface area contributed by atoms with Gasteiger partial charge < -0.3 is 9.47 Å². The van der Waals surface area contributed by atoms with Crippen molar-refractivity contribution < 1.29 is 18.7 Å². The number of methoxy groups -OCH3 is 2. The van der Waals surface area contributed by atoms with Crippen molar-refractivity contribution >= 4 is 11.9 Å². The van der Waals surface area contributed by atoms with E-state index < -0.39 is 11.7 Å². The minimum Gasteiger partial charge on any atom is -0.481 e. The number of anilines is 1. The van der Waals surface area contributed by atoms with Crippen LogP contribution >= 0.6 is 0 Å². The number of aromatic nitrogens is 2. The molecule has 0 saturated heterocycles. The topological polar surface area (TPSA) is 73.3 Å². The monoisotopic (exact) mass is 277 g/mol. The molecule has 0 radical (unpaired) electrons. The van der Waals surface area contributed by atoms with Gasteiger partial charge in [0.1, 0.15) is 5.82 Å². The largest absolute Gasteiger partial charge is 0.481 e. The number of benzene rings is 1. The molecule has 1 heterocycles. The highest BCUT2D eigenvalue weighted by molar-refractivity contribution is 6.03. The summed E-state index contributed by atoms with van der Waals surface area (Å²) in [6.45, 7) is 0. The fraction of sp³-hybridized carbons (Fsp3) is 0.154. The van der Waals surface area contributed by atoms with Gasteiger partial charge >= 0.3 is 0 Å². The number of carbonyl (C=O) groups is 1. The quantitative estimate of drug-likeness (QED) is 0.923. The fourth-order valence-electron chi connectivity index (χ4n) is 1.44. The van der Waals surface area contributed by atoms with E-state index in [-0.39, 0.29) is 23.3 Å². The first kappa shape index (κ1) is 13.7. The number of nitrogens with one attached hydrogen (secondary N) is 1. The highest BCUT2D eigenvalue weighted by Gasteiger charge is 2.10. The lowest BCUT2D eigenvalue weighted by Crippen LogP contribution is -2.14. The van der Waals surface area contributed by atoms with Crippen LogP contribution in [-0.2, 0) is 0 Å². The lowest BCUT2D eigenvalue weighted by atomic mass is 10.2. The molecule has 0 aliphatic carbocycles. The van der Waals surface area contributed by atoms with Gasteiger partial charge in [-0.15, -0.1) is 0 Å². The Bertz CT molecular complexity index is 595. The van der Waals surface area contributed by atoms with Crippen molar-refractivity contribution in [2.75, 3.05) is 19.5 Å². The van der Waals surface area contributed by atoms with Crippen LogP contribution in [0.5, 0.6) is 11.8 Å². The standard InChI is InChI=1S/C13H12FN3O3/c1-19-10-7-11(20-2)16-13(15-10)17-12(18)8-3-5-9(14)6-4-8/h3-7H,1-2H3,(H,15,16,17,18). The molecule has 0 bridgehead atoms. The minimum atomic E-state index is -0.458. The Hall–Kier alpha value is -2.70. The van der Waals surface area contributed by atoms with E-state index >= 15 is 0 Å². The molecule has 0 aliphatic rings. The molecule has 0 atom stereocenters. The summed E-state index contributed by atoms with van der Waals surface area (Å²) in [6.07, 6.45) is 0. The van der Waals surface area contributed by atoms with Crippen molar-refractivity contribution in [2.45, 2.75) is 0 Å². The highest BCUT2D eigenvalue weighted by atomic mass is 19.1. The van der Waals surface area contributed by atoms with Gasteiger partial charge in [0.25, 0.3) is 5.91 Å². The van der Waals surface area contributed by atoms with E-state index in [1.165, 1.54) is 44.6 Å². The molecule has 7 heteroatoms. The van der Waals surface area contributed by atoms with Gasteiger partial charge in [0.2, 0.25) is 17.7 Å². The Morgan fingerprint density at radius 2 is 1.65 bits per heavy atom. The Labute approximate surface area is 114 Å². The summed E-state index contributed by atoms with van der Waals surface area (Å²) in [5.74, 6) is -0.325. The number of amides is 1. The second-order valence-electron chi connectivity index (χ2n) is 3.74. The van der Waals surface area contributed by atoms with Gasteiger partial charge in [0, 0.05) is 5.56 Å². The molecule has 0 spiro atoms. The van der Waals surface area contributed by atoms with Gasteiger partial charge in [-0.3, -0.25) is 10.1 Å². The molecule has 0 unspecified atom stereocenters. The second-order valence-corrected chi connectivity index (χ2v) is 3.74. The molecular weight excluding hydrogens is 265 g/mol. The summed E-state index contributed by atoms with van der Waals surface area (Å²) in [6, 6.07) is 6.60. The predicted molar refractivity (Wildman–Crippen MR) is 69.5 cm³/mol. The van der Waals surface area contributed by atoms with E-state index in [2.05, 4.69) is 15.3 Å². The van der Waals surface area contributed by atoms with Crippen molar-refractivity contribution in [3.8, 4) is 11.8 Å². The third-order valence-corrected chi connectivity index (χ3v) is 2.43. The number of carbonyl (C=O) groups excluding carboxylic acids is 1. The average Bonchev–Trinajstić information content (AvgIpc) is 2.47. The highest BCUT2D eigenvalue weighted by Crippen LogP contribution is 2.17. The average molecular weight is 277 g/mol. The van der Waals surface area contributed by atoms with E-state index in [0.29, 0.717) is 0 Å². The van der Waals surface area contributed by atoms with Crippen LogP contribution in [0.25, 0.3) is 0 Å². The van der Waals surface area contributed by atoms with E-state index in [1.54, 1.807) is 0 Å². The van der Waals surface area contributed by atoms with E-state index in [4.69, 9.17) is 9.47 Å². The zero-order valence-electron chi connectivity index (χ0n) is 10.9. The van der Waals surface area contributed by atoms with Crippen LogP contribution in [0.3, 0.4) is 0 Å². The summed E-state index contributed by atoms with van der Waals surface area (Å²) in [7, 11) is 2.88. The van der Waals surface area contributed by atoms with E-state index in [1.807, 2.05) is 0 Å². The van der Waals surface area contributed by atoms with Crippen LogP contribution in [0.2, 0.25) is 0 Å². The Morgan fingerprint density at radius 1 is 1.10 bits per heavy atom. The number of hydrogen-bond acceptors (Lipinski definition) is 5. The zero-order chi connectivity index (χ0) is 14.5. The van der Waals surface area contributed by atoms with Crippen molar-refractivity contribution in [3.63, 3.8) is 0 Å². The maximum absolute atomic E-state index is 12.8. The van der Waals surface area contributed by atoms with Gasteiger partial charge in [-0.05, 0) is 24.3 Å². The maximum Gasteiger partial charge on any atom is 0.258 e. The van der Waals surface area contributed by atoms with Crippen LogP contribution in [0.15, 0.2) is 30.3 Å². The fourth-order valence-corrected chi connectivity index (χ4v) is 1.44. The number of hydrogen-bond donors (Lipinski definition) is 1. The molecule has 104 valence electrons. The molecule has 0 saturated carbocycles. The Balaban J connectivity index is 2.20. The molecule has 0 fully saturated rings. The van der Waals surface area contributed by atoms with Gasteiger partial charge in [-0.25, -0.2) is 4.39 Å². The molecule has 2 aromatic rings. The maximum atomic E-state index is 12.8. The third-order valence-electron chi connectivity index (χ3n) is 2.43. The lowest BCUT2D eigenvalue weighted by Gasteiger charge is -2.07. The first-order valence-electron chi connectivity index (χ1n) is 5.66. The molecule has 0 aliphatic heterocycles. The Morgan fingerprint density at radius 3 is 2.15 bits per heavy atom. The van der Waals surface area contributed by atoms with Crippen LogP contribution in [0.4, 0.5) is 10.3 Å². The van der Waals surface area contributed by atoms with Crippen molar-refractivity contribution in [2.24, 2.45) is 0 Å². The van der Waals surface area contributed by atoms with Crippen LogP contribution in [0.1, 0.15) is 10.4 Å². The van der Waals surface area contributed by atoms with Gasteiger partial charge in [0.05, 0.1) is 20.3 Å². The summed E-state index contributed by atoms with van der Waals surface area (Å²) >= 11 is 0. The van der Waals surface area contributed by atoms with Crippen LogP contribution in [0, 0.1) is 5.82 Å². The molecule has 1 amide bonds. The normalized spacial score (nSPS) is 9.95. The van der Waals surface area contributed by atoms with Crippen molar-refractivity contribution in [3.05, 3.63) is 41.7 Å². The number of ether oxygens (including phenoxy) is 2. The Kier molecular flexibility index (Phi) is 4.09. The summed E-state index contributed by atoms with van der Waals surface area (Å²) in [5, 5.41) is 2.48. The summed E-state index contributed by atoms with van der Waals surface area (Å²) < 4.78 is 22.7. The summed E-state index contributed by atoms with van der Waals surface area (Å²) in [5.41, 5.74) is 0.289. The molecule has 2 rings (SSSR count). The second kappa shape index (κ2) is 5.96. The van der Waals surface area contributed by atoms with Crippen LogP contribution < -0.4 is 14.8 Å². The van der Waals surface area contributed by atoms with Gasteiger partial charge in [0.15, 0.2) is 0 Å². The molecule has 1 aromatic carbocycles. The predicted octanol–water partition coefficient (Wildman–Crippen LogP) is 1.89. The van der Waals surface area contributed by atoms with Crippen LogP contribution in [-0.4, -0.2) is 30.1 Å². The minimum absolute atomic E-state index is 0.0375. The molecule has 1 N–H and O–H groups in total. The van der Waals surface area contributed by atoms with Crippen molar-refractivity contribution in [1.82, 2.24) is 9.97 Å². The summed E-state index contributed by atoms with van der Waals surface area (Å²) in [4.78, 5) is 19.9. The lowest BCUT2D eigenvalue weighted by molar-refractivity contribution is 0.102. The number of halogens is 1. The van der Waals surface area contributed by atoms with E-state index in [9.17, 15) is 9.18 Å². The molecule has 6 nitrogen and oxygen atoms in total.